The summed E-state index contributed by atoms with van der Waals surface area (Å²) >= 11 is 0. The smallest absolute Gasteiger partial charge is 0.327 e. The molecule has 1 N–H and O–H groups in total. The molecule has 2 atom stereocenters. The molecule has 2 saturated heterocycles. The molecule has 1 saturated carbocycles. The van der Waals surface area contributed by atoms with Crippen molar-refractivity contribution in [3.63, 3.8) is 0 Å². The van der Waals surface area contributed by atoms with Gasteiger partial charge >= 0.3 is 6.03 Å². The number of ether oxygens (including phenoxy) is 1. The monoisotopic (exact) mass is 429 g/mol. The van der Waals surface area contributed by atoms with Crippen LogP contribution in [0.1, 0.15) is 46.0 Å². The minimum absolute atomic E-state index is 0.131. The van der Waals surface area contributed by atoms with Gasteiger partial charge in [-0.3, -0.25) is 14.5 Å². The molecular weight excluding hydrogens is 398 g/mol. The number of hydrogen-bond acceptors (Lipinski definition) is 6. The number of carbonyl (C=O) groups excluding carboxylic acids is 3. The van der Waals surface area contributed by atoms with Gasteiger partial charge in [0.25, 0.3) is 5.91 Å². The molecule has 1 aliphatic carbocycles. The SMILES string of the molecule is CC1CN(c2ccc(NC(=O)CN3C(=O)N(C)C4(CCCCC4)C3=O)cn2)CC(C)O1. The molecule has 3 heterocycles. The number of likely N-dealkylation sites (N-methyl/N-ethyl adjacent to an activating group) is 1. The van der Waals surface area contributed by atoms with Gasteiger partial charge in [0, 0.05) is 20.1 Å². The molecule has 0 bridgehead atoms. The first-order chi connectivity index (χ1) is 14.8. The van der Waals surface area contributed by atoms with Crippen molar-refractivity contribution in [3.8, 4) is 0 Å². The zero-order valence-electron chi connectivity index (χ0n) is 18.5. The van der Waals surface area contributed by atoms with Gasteiger partial charge in [-0.1, -0.05) is 19.3 Å². The van der Waals surface area contributed by atoms with Crippen LogP contribution in [-0.4, -0.2) is 77.1 Å². The third-order valence-electron chi connectivity index (χ3n) is 6.56. The third-order valence-corrected chi connectivity index (χ3v) is 6.56. The van der Waals surface area contributed by atoms with E-state index in [2.05, 4.69) is 15.2 Å². The average molecular weight is 430 g/mol. The van der Waals surface area contributed by atoms with Gasteiger partial charge in [-0.2, -0.15) is 0 Å². The maximum atomic E-state index is 13.0. The normalized spacial score (nSPS) is 26.0. The number of anilines is 2. The second kappa shape index (κ2) is 8.45. The van der Waals surface area contributed by atoms with Crippen molar-refractivity contribution in [3.05, 3.63) is 18.3 Å². The summed E-state index contributed by atoms with van der Waals surface area (Å²) in [5.41, 5.74) is -0.242. The number of rotatable bonds is 4. The van der Waals surface area contributed by atoms with E-state index in [1.807, 2.05) is 19.9 Å². The van der Waals surface area contributed by atoms with Gasteiger partial charge in [0.15, 0.2) is 0 Å². The topological polar surface area (TPSA) is 95.1 Å². The summed E-state index contributed by atoms with van der Waals surface area (Å²) in [4.78, 5) is 47.5. The number of imide groups is 1. The summed E-state index contributed by atoms with van der Waals surface area (Å²) in [6.45, 7) is 5.30. The van der Waals surface area contributed by atoms with Crippen LogP contribution in [-0.2, 0) is 14.3 Å². The Hall–Kier alpha value is -2.68. The maximum Gasteiger partial charge on any atom is 0.327 e. The standard InChI is InChI=1S/C22H31N5O4/c1-15-12-26(13-16(2)31-15)18-8-7-17(11-23-18)24-19(28)14-27-20(29)22(25(3)21(27)30)9-5-4-6-10-22/h7-8,11,15-16H,4-6,9-10,12-14H2,1-3H3,(H,24,28). The predicted molar refractivity (Wildman–Crippen MR) is 116 cm³/mol. The average Bonchev–Trinajstić information content (AvgIpc) is 2.90. The number of nitrogens with zero attached hydrogens (tertiary/aromatic N) is 4. The number of morpholine rings is 1. The Balaban J connectivity index is 1.38. The Bertz CT molecular complexity index is 842. The van der Waals surface area contributed by atoms with Crippen LogP contribution in [0.15, 0.2) is 18.3 Å². The molecule has 2 aliphatic heterocycles. The highest BCUT2D eigenvalue weighted by molar-refractivity contribution is 6.10. The summed E-state index contributed by atoms with van der Waals surface area (Å²) in [6.07, 6.45) is 6.09. The van der Waals surface area contributed by atoms with Crippen LogP contribution in [0.2, 0.25) is 0 Å². The molecule has 3 aliphatic rings. The van der Waals surface area contributed by atoms with E-state index >= 15 is 0 Å². The van der Waals surface area contributed by atoms with E-state index in [1.54, 1.807) is 19.3 Å². The van der Waals surface area contributed by atoms with Crippen molar-refractivity contribution in [1.82, 2.24) is 14.8 Å². The first kappa shape index (κ1) is 21.5. The number of hydrogen-bond donors (Lipinski definition) is 1. The largest absolute Gasteiger partial charge is 0.372 e. The van der Waals surface area contributed by atoms with Gasteiger partial charge in [0.1, 0.15) is 17.9 Å². The third kappa shape index (κ3) is 4.11. The Kier molecular flexibility index (Phi) is 5.88. The van der Waals surface area contributed by atoms with Crippen LogP contribution < -0.4 is 10.2 Å². The van der Waals surface area contributed by atoms with E-state index in [0.717, 1.165) is 43.1 Å². The van der Waals surface area contributed by atoms with Crippen molar-refractivity contribution in [1.29, 1.82) is 0 Å². The van der Waals surface area contributed by atoms with E-state index in [1.165, 1.54) is 4.90 Å². The molecule has 0 radical (unpaired) electrons. The first-order valence-electron chi connectivity index (χ1n) is 11.1. The molecule has 3 fully saturated rings. The van der Waals surface area contributed by atoms with Gasteiger partial charge in [-0.15, -0.1) is 0 Å². The van der Waals surface area contributed by atoms with Crippen LogP contribution in [0.3, 0.4) is 0 Å². The summed E-state index contributed by atoms with van der Waals surface area (Å²) in [5.74, 6) is 0.163. The van der Waals surface area contributed by atoms with Gasteiger partial charge in [-0.05, 0) is 38.8 Å². The van der Waals surface area contributed by atoms with E-state index in [9.17, 15) is 14.4 Å². The lowest BCUT2D eigenvalue weighted by Gasteiger charge is -2.36. The Morgan fingerprint density at radius 3 is 2.45 bits per heavy atom. The van der Waals surface area contributed by atoms with Gasteiger partial charge in [0.2, 0.25) is 5.91 Å². The van der Waals surface area contributed by atoms with E-state index in [0.29, 0.717) is 18.5 Å². The molecule has 1 aromatic heterocycles. The summed E-state index contributed by atoms with van der Waals surface area (Å²) in [7, 11) is 1.67. The number of amides is 4. The highest BCUT2D eigenvalue weighted by Crippen LogP contribution is 2.39. The summed E-state index contributed by atoms with van der Waals surface area (Å²) < 4.78 is 5.75. The number of carbonyl (C=O) groups is 3. The number of nitrogens with one attached hydrogen (secondary N) is 1. The number of urea groups is 1. The van der Waals surface area contributed by atoms with Gasteiger partial charge in [-0.25, -0.2) is 9.78 Å². The fourth-order valence-electron chi connectivity index (χ4n) is 5.03. The molecule has 4 rings (SSSR count). The fourth-order valence-corrected chi connectivity index (χ4v) is 5.03. The highest BCUT2D eigenvalue weighted by atomic mass is 16.5. The molecule has 4 amide bonds. The van der Waals surface area contributed by atoms with E-state index in [-0.39, 0.29) is 24.7 Å². The molecule has 1 aromatic rings. The Morgan fingerprint density at radius 2 is 1.84 bits per heavy atom. The summed E-state index contributed by atoms with van der Waals surface area (Å²) in [6, 6.07) is 3.25. The molecule has 31 heavy (non-hydrogen) atoms. The van der Waals surface area contributed by atoms with Crippen LogP contribution >= 0.6 is 0 Å². The zero-order valence-corrected chi connectivity index (χ0v) is 18.5. The van der Waals surface area contributed by atoms with Gasteiger partial charge < -0.3 is 19.9 Å². The molecular formula is C22H31N5O4. The van der Waals surface area contributed by atoms with Crippen molar-refractivity contribution in [2.45, 2.75) is 63.7 Å². The Morgan fingerprint density at radius 1 is 1.16 bits per heavy atom. The fraction of sp³-hybridized carbons (Fsp3) is 0.636. The first-order valence-corrected chi connectivity index (χ1v) is 11.1. The van der Waals surface area contributed by atoms with Crippen LogP contribution in [0.25, 0.3) is 0 Å². The lowest BCUT2D eigenvalue weighted by atomic mass is 9.81. The number of aromatic nitrogens is 1. The molecule has 9 heteroatoms. The van der Waals surface area contributed by atoms with Crippen LogP contribution in [0.5, 0.6) is 0 Å². The van der Waals surface area contributed by atoms with Crippen molar-refractivity contribution in [2.75, 3.05) is 36.9 Å². The predicted octanol–water partition coefficient (Wildman–Crippen LogP) is 2.23. The van der Waals surface area contributed by atoms with Gasteiger partial charge in [0.05, 0.1) is 24.1 Å². The second-order valence-electron chi connectivity index (χ2n) is 8.94. The molecule has 2 unspecified atom stereocenters. The van der Waals surface area contributed by atoms with Crippen molar-refractivity contribution < 1.29 is 19.1 Å². The maximum absolute atomic E-state index is 13.0. The van der Waals surface area contributed by atoms with E-state index in [4.69, 9.17) is 4.74 Å². The van der Waals surface area contributed by atoms with Crippen molar-refractivity contribution in [2.24, 2.45) is 0 Å². The van der Waals surface area contributed by atoms with E-state index < -0.39 is 17.5 Å². The summed E-state index contributed by atoms with van der Waals surface area (Å²) in [5, 5.41) is 2.75. The molecule has 168 valence electrons. The highest BCUT2D eigenvalue weighted by Gasteiger charge is 2.55. The van der Waals surface area contributed by atoms with Crippen LogP contribution in [0.4, 0.5) is 16.3 Å². The molecule has 0 aromatic carbocycles. The lowest BCUT2D eigenvalue weighted by molar-refractivity contribution is -0.136. The zero-order chi connectivity index (χ0) is 22.2. The lowest BCUT2D eigenvalue weighted by Crippen LogP contribution is -2.49. The molecule has 9 nitrogen and oxygen atoms in total. The molecule has 1 spiro atoms. The Labute approximate surface area is 182 Å². The van der Waals surface area contributed by atoms with Crippen molar-refractivity contribution >= 4 is 29.4 Å². The minimum atomic E-state index is -0.773. The number of pyridine rings is 1. The second-order valence-corrected chi connectivity index (χ2v) is 8.94. The van der Waals surface area contributed by atoms with Crippen LogP contribution in [0, 0.1) is 0 Å². The quantitative estimate of drug-likeness (QED) is 0.738. The minimum Gasteiger partial charge on any atom is -0.372 e.